The molecule has 0 fully saturated rings. The minimum atomic E-state index is -0.912. The molecule has 0 saturated heterocycles. The minimum Gasteiger partial charge on any atom is -0.496 e. The minimum absolute atomic E-state index is 0.292. The first-order chi connectivity index (χ1) is 9.10. The second-order valence-corrected chi connectivity index (χ2v) is 5.20. The lowest BCUT2D eigenvalue weighted by Crippen LogP contribution is -1.94. The third-order valence-corrected chi connectivity index (χ3v) is 3.70. The van der Waals surface area contributed by atoms with Gasteiger partial charge >= 0.3 is 5.97 Å². The van der Waals surface area contributed by atoms with Crippen LogP contribution in [0.2, 0.25) is 0 Å². The van der Waals surface area contributed by atoms with Crippen molar-refractivity contribution in [3.05, 3.63) is 53.6 Å². The standard InChI is InChI=1S/C15H14O3S/c1-10-3-8-13(18-2)14(9-10)19-12-6-4-11(5-7-12)15(16)17/h3-9H,1-2H3,(H,16,17). The SMILES string of the molecule is COc1ccc(C)cc1Sc1ccc(C(=O)O)cc1. The molecule has 0 aromatic heterocycles. The van der Waals surface area contributed by atoms with Crippen LogP contribution in [0.3, 0.4) is 0 Å². The van der Waals surface area contributed by atoms with Gasteiger partial charge in [-0.05, 0) is 48.9 Å². The molecule has 2 rings (SSSR count). The number of aromatic carboxylic acids is 1. The molecule has 0 heterocycles. The molecule has 0 aliphatic rings. The normalized spacial score (nSPS) is 10.2. The smallest absolute Gasteiger partial charge is 0.335 e. The van der Waals surface area contributed by atoms with Crippen LogP contribution in [0.1, 0.15) is 15.9 Å². The summed E-state index contributed by atoms with van der Waals surface area (Å²) in [5.41, 5.74) is 1.45. The van der Waals surface area contributed by atoms with E-state index >= 15 is 0 Å². The predicted octanol–water partition coefficient (Wildman–Crippen LogP) is 3.85. The molecule has 1 N–H and O–H groups in total. The van der Waals surface area contributed by atoms with Crippen LogP contribution in [0.4, 0.5) is 0 Å². The highest BCUT2D eigenvalue weighted by atomic mass is 32.2. The molecule has 0 saturated carbocycles. The highest BCUT2D eigenvalue weighted by Gasteiger charge is 2.07. The molecular weight excluding hydrogens is 260 g/mol. The topological polar surface area (TPSA) is 46.5 Å². The molecule has 19 heavy (non-hydrogen) atoms. The summed E-state index contributed by atoms with van der Waals surface area (Å²) in [4.78, 5) is 12.8. The van der Waals surface area contributed by atoms with E-state index in [1.165, 1.54) is 0 Å². The van der Waals surface area contributed by atoms with Crippen molar-refractivity contribution in [1.82, 2.24) is 0 Å². The number of hydrogen-bond acceptors (Lipinski definition) is 3. The fraction of sp³-hybridized carbons (Fsp3) is 0.133. The van der Waals surface area contributed by atoms with E-state index in [1.807, 2.05) is 19.1 Å². The van der Waals surface area contributed by atoms with Crippen LogP contribution in [0.5, 0.6) is 5.75 Å². The molecule has 0 aliphatic carbocycles. The van der Waals surface area contributed by atoms with Gasteiger partial charge in [0.05, 0.1) is 17.6 Å². The van der Waals surface area contributed by atoms with Gasteiger partial charge in [-0.2, -0.15) is 0 Å². The molecule has 0 amide bonds. The van der Waals surface area contributed by atoms with Crippen LogP contribution in [-0.2, 0) is 0 Å². The number of carboxylic acids is 1. The van der Waals surface area contributed by atoms with Gasteiger partial charge < -0.3 is 9.84 Å². The van der Waals surface area contributed by atoms with Crippen LogP contribution in [0.15, 0.2) is 52.3 Å². The van der Waals surface area contributed by atoms with Crippen molar-refractivity contribution in [3.8, 4) is 5.75 Å². The van der Waals surface area contributed by atoms with E-state index in [4.69, 9.17) is 9.84 Å². The zero-order chi connectivity index (χ0) is 13.8. The Kier molecular flexibility index (Phi) is 4.12. The largest absolute Gasteiger partial charge is 0.496 e. The molecule has 0 atom stereocenters. The Morgan fingerprint density at radius 2 is 1.84 bits per heavy atom. The van der Waals surface area contributed by atoms with Crippen molar-refractivity contribution in [2.24, 2.45) is 0 Å². The third kappa shape index (κ3) is 3.29. The summed E-state index contributed by atoms with van der Waals surface area (Å²) in [7, 11) is 1.64. The average molecular weight is 274 g/mol. The Balaban J connectivity index is 2.25. The third-order valence-electron chi connectivity index (χ3n) is 2.65. The van der Waals surface area contributed by atoms with Gasteiger partial charge in [0.15, 0.2) is 0 Å². The van der Waals surface area contributed by atoms with Gasteiger partial charge in [0.2, 0.25) is 0 Å². The van der Waals surface area contributed by atoms with E-state index in [0.29, 0.717) is 5.56 Å². The summed E-state index contributed by atoms with van der Waals surface area (Å²) in [6, 6.07) is 12.8. The average Bonchev–Trinajstić information content (AvgIpc) is 2.39. The summed E-state index contributed by atoms with van der Waals surface area (Å²) in [6.45, 7) is 2.02. The molecule has 0 radical (unpaired) electrons. The Morgan fingerprint density at radius 3 is 2.42 bits per heavy atom. The van der Waals surface area contributed by atoms with Gasteiger partial charge in [-0.1, -0.05) is 17.8 Å². The summed E-state index contributed by atoms with van der Waals surface area (Å²) < 4.78 is 5.32. The van der Waals surface area contributed by atoms with E-state index in [9.17, 15) is 4.79 Å². The Labute approximate surface area is 116 Å². The Hall–Kier alpha value is -1.94. The maximum Gasteiger partial charge on any atom is 0.335 e. The lowest BCUT2D eigenvalue weighted by atomic mass is 10.2. The highest BCUT2D eigenvalue weighted by molar-refractivity contribution is 7.99. The van der Waals surface area contributed by atoms with E-state index in [-0.39, 0.29) is 0 Å². The van der Waals surface area contributed by atoms with Gasteiger partial charge in [-0.3, -0.25) is 0 Å². The predicted molar refractivity (Wildman–Crippen MR) is 75.3 cm³/mol. The molecule has 0 unspecified atom stereocenters. The van der Waals surface area contributed by atoms with Crippen LogP contribution in [0.25, 0.3) is 0 Å². The fourth-order valence-corrected chi connectivity index (χ4v) is 2.68. The number of carbonyl (C=O) groups is 1. The first kappa shape index (κ1) is 13.5. The number of methoxy groups -OCH3 is 1. The number of aryl methyl sites for hydroxylation is 1. The van der Waals surface area contributed by atoms with Crippen molar-refractivity contribution in [3.63, 3.8) is 0 Å². The lowest BCUT2D eigenvalue weighted by molar-refractivity contribution is 0.0697. The summed E-state index contributed by atoms with van der Waals surface area (Å²) >= 11 is 1.56. The number of rotatable bonds is 4. The van der Waals surface area contributed by atoms with Crippen molar-refractivity contribution >= 4 is 17.7 Å². The quantitative estimate of drug-likeness (QED) is 0.919. The summed E-state index contributed by atoms with van der Waals surface area (Å²) in [5, 5.41) is 8.86. The maximum absolute atomic E-state index is 10.8. The second-order valence-electron chi connectivity index (χ2n) is 4.09. The summed E-state index contributed by atoms with van der Waals surface area (Å²) in [6.07, 6.45) is 0. The monoisotopic (exact) mass is 274 g/mol. The second kappa shape index (κ2) is 5.80. The number of hydrogen-bond donors (Lipinski definition) is 1. The van der Waals surface area contributed by atoms with E-state index in [1.54, 1.807) is 43.1 Å². The van der Waals surface area contributed by atoms with Gasteiger partial charge in [0.1, 0.15) is 5.75 Å². The van der Waals surface area contributed by atoms with Crippen molar-refractivity contribution < 1.29 is 14.6 Å². The van der Waals surface area contributed by atoms with Crippen molar-refractivity contribution in [2.45, 2.75) is 16.7 Å². The zero-order valence-electron chi connectivity index (χ0n) is 10.7. The molecule has 98 valence electrons. The Bertz CT molecular complexity index is 591. The van der Waals surface area contributed by atoms with Crippen LogP contribution >= 0.6 is 11.8 Å². The summed E-state index contributed by atoms with van der Waals surface area (Å²) in [5.74, 6) is -0.0948. The van der Waals surface area contributed by atoms with E-state index in [0.717, 1.165) is 21.1 Å². The molecule has 0 aliphatic heterocycles. The fourth-order valence-electron chi connectivity index (χ4n) is 1.66. The van der Waals surface area contributed by atoms with Gasteiger partial charge in [-0.25, -0.2) is 4.79 Å². The molecular formula is C15H14O3S. The zero-order valence-corrected chi connectivity index (χ0v) is 11.5. The van der Waals surface area contributed by atoms with Crippen LogP contribution < -0.4 is 4.74 Å². The number of ether oxygens (including phenoxy) is 1. The molecule has 4 heteroatoms. The van der Waals surface area contributed by atoms with Gasteiger partial charge in [0.25, 0.3) is 0 Å². The van der Waals surface area contributed by atoms with E-state index < -0.39 is 5.97 Å². The van der Waals surface area contributed by atoms with Crippen molar-refractivity contribution in [1.29, 1.82) is 0 Å². The maximum atomic E-state index is 10.8. The molecule has 2 aromatic rings. The van der Waals surface area contributed by atoms with Gasteiger partial charge in [0, 0.05) is 4.90 Å². The first-order valence-corrected chi connectivity index (χ1v) is 6.57. The Morgan fingerprint density at radius 1 is 1.16 bits per heavy atom. The van der Waals surface area contributed by atoms with Crippen molar-refractivity contribution in [2.75, 3.05) is 7.11 Å². The molecule has 0 spiro atoms. The lowest BCUT2D eigenvalue weighted by Gasteiger charge is -2.09. The first-order valence-electron chi connectivity index (χ1n) is 5.76. The van der Waals surface area contributed by atoms with E-state index in [2.05, 4.69) is 6.07 Å². The molecule has 0 bridgehead atoms. The number of carboxylic acid groups (broad SMARTS) is 1. The van der Waals surface area contributed by atoms with Crippen LogP contribution in [-0.4, -0.2) is 18.2 Å². The van der Waals surface area contributed by atoms with Crippen LogP contribution in [0, 0.1) is 6.92 Å². The molecule has 3 nitrogen and oxygen atoms in total. The molecule has 2 aromatic carbocycles. The van der Waals surface area contributed by atoms with Gasteiger partial charge in [-0.15, -0.1) is 0 Å². The highest BCUT2D eigenvalue weighted by Crippen LogP contribution is 2.35. The number of benzene rings is 2.